The Bertz CT molecular complexity index is 3560. The first-order chi connectivity index (χ1) is 37.3. The summed E-state index contributed by atoms with van der Waals surface area (Å²) < 4.78 is 11.7. The molecule has 0 spiro atoms. The van der Waals surface area contributed by atoms with E-state index in [0.29, 0.717) is 34.0 Å². The predicted octanol–water partition coefficient (Wildman–Crippen LogP) is 13.6. The van der Waals surface area contributed by atoms with Crippen molar-refractivity contribution in [3.05, 3.63) is 212 Å². The third-order valence-corrected chi connectivity index (χ3v) is 15.4. The molecule has 0 unspecified atom stereocenters. The maximum absolute atomic E-state index is 12.9. The van der Waals surface area contributed by atoms with Crippen LogP contribution in [0, 0.1) is 5.41 Å². The summed E-state index contributed by atoms with van der Waals surface area (Å²) in [5, 5.41) is 38.7. The SMILES string of the molecule is CC(C)(O)c1ccccc1CC[C@@H](SCC1(CC(=O)O)CC1)c1cccc(/C=C/c2ccc3ccc(Cl)cc3n2)c1.O=C(Nc1cccc2c(=O)cc(-c3nn[nH]n3)oc12)c1ccc(OCCCCc2ccccc2)cc1. The van der Waals surface area contributed by atoms with Crippen molar-refractivity contribution in [3.63, 3.8) is 0 Å². The number of fused-ring (bicyclic) bond motifs is 2. The zero-order chi connectivity index (χ0) is 53.8. The smallest absolute Gasteiger partial charge is 0.303 e. The number of rotatable bonds is 21. The largest absolute Gasteiger partial charge is 0.494 e. The summed E-state index contributed by atoms with van der Waals surface area (Å²) in [6.07, 6.45) is 11.0. The Labute approximate surface area is 455 Å². The number of thioether (sulfide) groups is 1. The van der Waals surface area contributed by atoms with Crippen molar-refractivity contribution in [1.82, 2.24) is 25.6 Å². The van der Waals surface area contributed by atoms with Gasteiger partial charge in [-0.1, -0.05) is 115 Å². The van der Waals surface area contributed by atoms with Crippen molar-refractivity contribution in [2.75, 3.05) is 17.7 Å². The van der Waals surface area contributed by atoms with Gasteiger partial charge in [0.2, 0.25) is 5.82 Å². The molecule has 1 aliphatic rings. The first-order valence-corrected chi connectivity index (χ1v) is 27.1. The number of nitrogens with zero attached hydrogens (tertiary/aromatic N) is 4. The van der Waals surface area contributed by atoms with E-state index in [2.05, 4.69) is 80.5 Å². The number of hydrogen-bond donors (Lipinski definition) is 4. The van der Waals surface area contributed by atoms with Gasteiger partial charge in [0.15, 0.2) is 16.8 Å². The van der Waals surface area contributed by atoms with Crippen LogP contribution in [0.3, 0.4) is 0 Å². The Morgan fingerprint density at radius 1 is 0.870 bits per heavy atom. The lowest BCUT2D eigenvalue weighted by molar-refractivity contribution is -0.138. The van der Waals surface area contributed by atoms with Gasteiger partial charge < -0.3 is 24.7 Å². The molecule has 1 fully saturated rings. The number of carboxylic acids is 1. The lowest BCUT2D eigenvalue weighted by Gasteiger charge is -2.24. The number of tetrazole rings is 1. The van der Waals surface area contributed by atoms with E-state index in [0.717, 1.165) is 84.0 Å². The number of aliphatic hydroxyl groups is 1. The molecule has 4 N–H and O–H groups in total. The Hall–Kier alpha value is -7.91. The highest BCUT2D eigenvalue weighted by atomic mass is 35.5. The van der Waals surface area contributed by atoms with Gasteiger partial charge in [-0.15, -0.1) is 10.2 Å². The van der Waals surface area contributed by atoms with Crippen LogP contribution in [0.5, 0.6) is 5.75 Å². The van der Waals surface area contributed by atoms with Gasteiger partial charge in [0.25, 0.3) is 5.91 Å². The molecule has 15 heteroatoms. The van der Waals surface area contributed by atoms with Crippen molar-refractivity contribution in [2.24, 2.45) is 5.41 Å². The molecule has 3 aromatic heterocycles. The molecule has 1 saturated carbocycles. The molecular formula is C62H59ClN6O7S. The van der Waals surface area contributed by atoms with Gasteiger partial charge in [-0.25, -0.2) is 4.98 Å². The molecule has 1 amide bonds. The number of anilines is 1. The second-order valence-corrected chi connectivity index (χ2v) is 21.5. The summed E-state index contributed by atoms with van der Waals surface area (Å²) in [6.45, 7) is 4.27. The number of pyridine rings is 1. The van der Waals surface area contributed by atoms with Crippen LogP contribution >= 0.6 is 23.4 Å². The summed E-state index contributed by atoms with van der Waals surface area (Å²) in [5.41, 5.74) is 7.23. The highest BCUT2D eigenvalue weighted by molar-refractivity contribution is 7.99. The van der Waals surface area contributed by atoms with Gasteiger partial charge in [0.1, 0.15) is 5.75 Å². The number of ether oxygens (including phenoxy) is 1. The number of H-pyrrole nitrogens is 1. The predicted molar refractivity (Wildman–Crippen MR) is 306 cm³/mol. The third kappa shape index (κ3) is 14.7. The molecule has 13 nitrogen and oxygen atoms in total. The molecule has 9 aromatic rings. The van der Waals surface area contributed by atoms with E-state index in [4.69, 9.17) is 25.7 Å². The zero-order valence-corrected chi connectivity index (χ0v) is 44.4. The minimum absolute atomic E-state index is 0.0814. The molecular weight excluding hydrogens is 1010 g/mol. The van der Waals surface area contributed by atoms with E-state index >= 15 is 0 Å². The number of aryl methyl sites for hydroxylation is 2. The van der Waals surface area contributed by atoms with Gasteiger partial charge in [-0.2, -0.15) is 17.0 Å². The number of aliphatic carboxylic acids is 1. The Morgan fingerprint density at radius 3 is 2.42 bits per heavy atom. The summed E-state index contributed by atoms with van der Waals surface area (Å²) in [6, 6.07) is 50.0. The minimum Gasteiger partial charge on any atom is -0.494 e. The molecule has 0 aliphatic heterocycles. The highest BCUT2D eigenvalue weighted by Gasteiger charge is 2.44. The average Bonchev–Trinajstić information content (AvgIpc) is 3.95. The monoisotopic (exact) mass is 1070 g/mol. The van der Waals surface area contributed by atoms with Crippen LogP contribution in [-0.2, 0) is 23.2 Å². The molecule has 0 radical (unpaired) electrons. The molecule has 1 aliphatic carbocycles. The molecule has 10 rings (SSSR count). The maximum Gasteiger partial charge on any atom is 0.303 e. The number of amides is 1. The van der Waals surface area contributed by atoms with E-state index in [1.165, 1.54) is 17.2 Å². The van der Waals surface area contributed by atoms with Crippen molar-refractivity contribution in [3.8, 4) is 17.3 Å². The molecule has 392 valence electrons. The Kier molecular flexibility index (Phi) is 17.4. The lowest BCUT2D eigenvalue weighted by Crippen LogP contribution is -2.18. The zero-order valence-electron chi connectivity index (χ0n) is 42.8. The minimum atomic E-state index is -0.911. The fourth-order valence-electron chi connectivity index (χ4n) is 9.17. The van der Waals surface area contributed by atoms with Gasteiger partial charge in [0.05, 0.1) is 40.9 Å². The van der Waals surface area contributed by atoms with Crippen LogP contribution in [0.15, 0.2) is 167 Å². The van der Waals surface area contributed by atoms with Crippen molar-refractivity contribution in [2.45, 2.75) is 76.1 Å². The van der Waals surface area contributed by atoms with Crippen LogP contribution in [0.25, 0.3) is 45.6 Å². The van der Waals surface area contributed by atoms with E-state index in [1.54, 1.807) is 42.5 Å². The molecule has 6 aromatic carbocycles. The van der Waals surface area contributed by atoms with Crippen LogP contribution in [-0.4, -0.2) is 60.1 Å². The second-order valence-electron chi connectivity index (χ2n) is 19.9. The molecule has 1 atom stereocenters. The Morgan fingerprint density at radius 2 is 1.65 bits per heavy atom. The van der Waals surface area contributed by atoms with Gasteiger partial charge >= 0.3 is 5.97 Å². The van der Waals surface area contributed by atoms with Gasteiger partial charge in [-0.05, 0) is 158 Å². The van der Waals surface area contributed by atoms with Crippen molar-refractivity contribution >= 4 is 75.0 Å². The molecule has 77 heavy (non-hydrogen) atoms. The van der Waals surface area contributed by atoms with E-state index in [-0.39, 0.29) is 45.6 Å². The molecule has 0 saturated heterocycles. The fourth-order valence-corrected chi connectivity index (χ4v) is 10.9. The van der Waals surface area contributed by atoms with Crippen molar-refractivity contribution in [1.29, 1.82) is 0 Å². The molecule has 3 heterocycles. The second kappa shape index (κ2) is 24.8. The van der Waals surface area contributed by atoms with Crippen LogP contribution in [0.4, 0.5) is 5.69 Å². The number of carboxylic acid groups (broad SMARTS) is 1. The van der Waals surface area contributed by atoms with E-state index < -0.39 is 11.6 Å². The highest BCUT2D eigenvalue weighted by Crippen LogP contribution is 2.53. The number of aromatic amines is 1. The van der Waals surface area contributed by atoms with Crippen LogP contribution in [0.2, 0.25) is 5.02 Å². The molecule has 0 bridgehead atoms. The summed E-state index contributed by atoms with van der Waals surface area (Å²) in [4.78, 5) is 41.7. The number of carbonyl (C=O) groups is 2. The third-order valence-electron chi connectivity index (χ3n) is 13.5. The van der Waals surface area contributed by atoms with Crippen LogP contribution < -0.4 is 15.5 Å². The topological polar surface area (TPSA) is 193 Å². The number of carbonyl (C=O) groups excluding carboxylic acids is 1. The first kappa shape index (κ1) is 53.9. The van der Waals surface area contributed by atoms with Crippen molar-refractivity contribution < 1.29 is 29.0 Å². The average molecular weight is 1070 g/mol. The fraction of sp³-hybridized carbons (Fsp3) is 0.242. The summed E-state index contributed by atoms with van der Waals surface area (Å²) in [7, 11) is 0. The Balaban J connectivity index is 0.000000189. The maximum atomic E-state index is 12.9. The first-order valence-electron chi connectivity index (χ1n) is 25.6. The summed E-state index contributed by atoms with van der Waals surface area (Å²) >= 11 is 8.04. The van der Waals surface area contributed by atoms with E-state index in [9.17, 15) is 24.6 Å². The standard InChI is InChI=1S/C35H36ClNO3S.C27H23N5O4/c1-34(2,40)30-9-4-3-7-25(30)13-17-32(41-23-35(18-19-35)22-33(38)39)27-8-5-6-24(20-27)10-15-29-16-12-26-11-14-28(36)21-31(26)37-29;33-23-17-24(26-29-31-32-30-26)36-25-21(23)10-6-11-22(25)28-27(34)19-12-14-20(15-13-19)35-16-5-4-9-18-7-2-1-3-8-18/h3-12,14-16,20-21,32,40H,13,17-19,22-23H2,1-2H3,(H,38,39);1-3,6-8,10-15,17H,4-5,9,16H2,(H,28,34)(H,29,30,31,32)/b15-10+;/t32-;/m1./s1. The lowest BCUT2D eigenvalue weighted by atomic mass is 9.90. The van der Waals surface area contributed by atoms with Crippen LogP contribution in [0.1, 0.15) is 101 Å². The number of benzene rings is 6. The normalized spacial score (nSPS) is 13.2. The number of para-hydroxylation sites is 1. The number of unbranched alkanes of at least 4 members (excludes halogenated alkanes) is 1. The van der Waals surface area contributed by atoms with E-state index in [1.807, 2.05) is 92.3 Å². The number of nitrogens with one attached hydrogen (secondary N) is 2. The number of halogens is 1. The number of aromatic nitrogens is 5. The quantitative estimate of drug-likeness (QED) is 0.0498. The summed E-state index contributed by atoms with van der Waals surface area (Å²) in [5.74, 6) is 0.770. The van der Waals surface area contributed by atoms with Gasteiger partial charge in [-0.3, -0.25) is 14.4 Å². The number of hydrogen-bond acceptors (Lipinski definition) is 11. The van der Waals surface area contributed by atoms with Gasteiger partial charge in [0, 0.05) is 33.0 Å².